The monoisotopic (exact) mass is 514 g/mol. The topological polar surface area (TPSA) is 0 Å². The second-order valence-corrected chi connectivity index (χ2v) is 8.25. The van der Waals surface area contributed by atoms with Gasteiger partial charge in [0, 0.05) is 0 Å². The third kappa shape index (κ3) is 7.45. The minimum atomic E-state index is 0. The van der Waals surface area contributed by atoms with Gasteiger partial charge < -0.3 is 24.8 Å². The molecule has 0 amide bonds. The summed E-state index contributed by atoms with van der Waals surface area (Å²) in [5.74, 6) is 0. The van der Waals surface area contributed by atoms with Crippen molar-refractivity contribution >= 4 is 3.81 Å². The van der Waals surface area contributed by atoms with Crippen LogP contribution in [0.2, 0.25) is 0 Å². The molecule has 0 N–H and O–H groups in total. The Kier molecular flexibility index (Phi) is 11.9. The van der Waals surface area contributed by atoms with E-state index in [4.69, 9.17) is 0 Å². The Hall–Kier alpha value is -2.61. The van der Waals surface area contributed by atoms with E-state index in [2.05, 4.69) is 111 Å². The van der Waals surface area contributed by atoms with E-state index in [1.165, 1.54) is 37.2 Å². The molecule has 0 heterocycles. The maximum absolute atomic E-state index is 3.30. The molecule has 1 aliphatic carbocycles. The van der Waals surface area contributed by atoms with Crippen LogP contribution in [-0.4, -0.2) is 3.81 Å². The van der Waals surface area contributed by atoms with Crippen LogP contribution in [0.4, 0.5) is 0 Å². The van der Waals surface area contributed by atoms with Crippen LogP contribution in [0, 0.1) is 6.07 Å². The molecule has 3 heteroatoms. The zero-order valence-electron chi connectivity index (χ0n) is 18.7. The molecule has 0 aliphatic heterocycles. The average molecular weight is 515 g/mol. The van der Waals surface area contributed by atoms with Crippen molar-refractivity contribution in [3.8, 4) is 11.1 Å². The van der Waals surface area contributed by atoms with Crippen molar-refractivity contribution in [1.29, 1.82) is 0 Å². The number of hydrogen-bond donors (Lipinski definition) is 0. The molecule has 0 unspecified atom stereocenters. The smallest absolute Gasteiger partial charge is 0.0253 e. The van der Waals surface area contributed by atoms with Gasteiger partial charge in [0.1, 0.15) is 0 Å². The molecule has 5 aromatic rings. The first-order chi connectivity index (χ1) is 15.8. The largest absolute Gasteiger partial charge is 0.214 e. The van der Waals surface area contributed by atoms with E-state index in [1.54, 1.807) is 0 Å². The van der Waals surface area contributed by atoms with Crippen LogP contribution in [0.3, 0.4) is 0 Å². The molecule has 0 saturated carbocycles. The number of halogens is 2. The van der Waals surface area contributed by atoms with Crippen LogP contribution in [-0.2, 0) is 26.4 Å². The third-order valence-corrected chi connectivity index (χ3v) is 6.20. The first-order valence-corrected chi connectivity index (χ1v) is 11.5. The van der Waals surface area contributed by atoms with Gasteiger partial charge in [0.05, 0.1) is 0 Å². The van der Waals surface area contributed by atoms with Gasteiger partial charge >= 0.3 is 95.6 Å². The normalized spacial score (nSPS) is 9.94. The van der Waals surface area contributed by atoms with Gasteiger partial charge in [-0.3, -0.25) is 0 Å². The van der Waals surface area contributed by atoms with E-state index in [9.17, 15) is 0 Å². The van der Waals surface area contributed by atoms with Crippen LogP contribution < -0.4 is 24.8 Å². The van der Waals surface area contributed by atoms with Crippen molar-refractivity contribution in [2.24, 2.45) is 0 Å². The van der Waals surface area contributed by atoms with Crippen LogP contribution in [0.5, 0.6) is 0 Å². The molecule has 1 aliphatic rings. The third-order valence-electron chi connectivity index (χ3n) is 5.30. The van der Waals surface area contributed by atoms with Crippen LogP contribution in [0.25, 0.3) is 11.1 Å². The zero-order valence-corrected chi connectivity index (χ0v) is 21.7. The molecule has 168 valence electrons. The van der Waals surface area contributed by atoms with E-state index in [0.29, 0.717) is 0 Å². The minimum absolute atomic E-state index is 0. The van der Waals surface area contributed by atoms with Crippen molar-refractivity contribution in [1.82, 2.24) is 0 Å². The summed E-state index contributed by atoms with van der Waals surface area (Å²) >= 11 is 2.16. The van der Waals surface area contributed by atoms with Gasteiger partial charge in [-0.05, 0) is 6.42 Å². The van der Waals surface area contributed by atoms with Gasteiger partial charge in [0.2, 0.25) is 0 Å². The maximum atomic E-state index is 3.30. The van der Waals surface area contributed by atoms with E-state index in [1.807, 2.05) is 48.5 Å². The molecule has 0 radical (unpaired) electrons. The van der Waals surface area contributed by atoms with E-state index < -0.39 is 0 Å². The van der Waals surface area contributed by atoms with Crippen molar-refractivity contribution < 1.29 is 44.8 Å². The predicted molar refractivity (Wildman–Crippen MR) is 132 cm³/mol. The Labute approximate surface area is 226 Å². The van der Waals surface area contributed by atoms with Gasteiger partial charge in [0.25, 0.3) is 0 Å². The van der Waals surface area contributed by atoms with Crippen molar-refractivity contribution in [3.05, 3.63) is 162 Å². The van der Waals surface area contributed by atoms with Crippen LogP contribution in [0.1, 0.15) is 22.3 Å². The number of benzene rings is 4. The van der Waals surface area contributed by atoms with Gasteiger partial charge in [-0.2, -0.15) is 48.0 Å². The number of fused-ring (bicyclic) bond motifs is 3. The molecular weight excluding hydrogens is 491 g/mol. The Balaban J connectivity index is 0.000000191. The van der Waals surface area contributed by atoms with Crippen molar-refractivity contribution in [2.75, 3.05) is 0 Å². The fourth-order valence-electron chi connectivity index (χ4n) is 3.69. The summed E-state index contributed by atoms with van der Waals surface area (Å²) in [6.45, 7) is 0. The first kappa shape index (κ1) is 27.6. The Morgan fingerprint density at radius 2 is 1.15 bits per heavy atom. The SMILES string of the molecule is [Cl-].[Cl-].[Ti+2]=[C](c1ccccc1)c1ccccc1.[c-]1cccc2c1Cc1ccccc1-2.c1cc[cH-]c1. The van der Waals surface area contributed by atoms with E-state index in [-0.39, 0.29) is 24.8 Å². The summed E-state index contributed by atoms with van der Waals surface area (Å²) < 4.78 is 1.33. The van der Waals surface area contributed by atoms with Gasteiger partial charge in [-0.25, -0.2) is 12.1 Å². The molecule has 34 heavy (non-hydrogen) atoms. The Morgan fingerprint density at radius 1 is 0.618 bits per heavy atom. The summed E-state index contributed by atoms with van der Waals surface area (Å²) in [7, 11) is 0. The average Bonchev–Trinajstić information content (AvgIpc) is 3.57. The van der Waals surface area contributed by atoms with Gasteiger partial charge in [0.15, 0.2) is 0 Å². The summed E-state index contributed by atoms with van der Waals surface area (Å²) in [6.07, 6.45) is 1.05. The molecule has 0 spiro atoms. The molecular formula is C31H24Cl2Ti-2. The summed E-state index contributed by atoms with van der Waals surface area (Å²) in [5, 5.41) is 0. The fraction of sp³-hybridized carbons (Fsp3) is 0.0323. The first-order valence-electron chi connectivity index (χ1n) is 10.8. The molecule has 0 aromatic heterocycles. The minimum Gasteiger partial charge on any atom is -0.214 e. The van der Waals surface area contributed by atoms with Crippen molar-refractivity contribution in [3.63, 3.8) is 0 Å². The van der Waals surface area contributed by atoms with Gasteiger partial charge in [-0.15, -0.1) is 5.56 Å². The molecule has 0 atom stereocenters. The fourth-order valence-corrected chi connectivity index (χ4v) is 4.22. The van der Waals surface area contributed by atoms with E-state index in [0.717, 1.165) is 6.42 Å². The van der Waals surface area contributed by atoms with Crippen LogP contribution >= 0.6 is 0 Å². The predicted octanol–water partition coefficient (Wildman–Crippen LogP) is 1.27. The molecule has 0 fully saturated rings. The summed E-state index contributed by atoms with van der Waals surface area (Å²) in [4.78, 5) is 0. The standard InChI is InChI=1S/C13H9.C13H10.C5H5.2ClH.Ti/c1-3-7-12-10(5-1)9-11-6-2-4-8-13(11)12;1-3-7-12(8-4-1)11-13-9-5-2-6-10-13;1-2-4-5-3-1;;;/h1-5,7-8H,9H2;1-10H;1-5H;2*1H;/q-1;;-1;;;+2/p-2. The van der Waals surface area contributed by atoms with E-state index >= 15 is 0 Å². The van der Waals surface area contributed by atoms with Crippen LogP contribution in [0.15, 0.2) is 133 Å². The number of hydrogen-bond acceptors (Lipinski definition) is 0. The Morgan fingerprint density at radius 3 is 1.71 bits per heavy atom. The molecule has 0 bridgehead atoms. The molecule has 5 aromatic carbocycles. The Bertz CT molecular complexity index is 1140. The molecule has 0 saturated heterocycles. The molecule has 0 nitrogen and oxygen atoms in total. The zero-order chi connectivity index (χ0) is 22.0. The number of rotatable bonds is 2. The maximum Gasteiger partial charge on any atom is -0.0253 e. The van der Waals surface area contributed by atoms with Crippen molar-refractivity contribution in [2.45, 2.75) is 6.42 Å². The van der Waals surface area contributed by atoms with Gasteiger partial charge in [-0.1, -0.05) is 35.4 Å². The summed E-state index contributed by atoms with van der Waals surface area (Å²) in [5.41, 5.74) is 8.09. The summed E-state index contributed by atoms with van der Waals surface area (Å²) in [6, 6.07) is 49.0. The second kappa shape index (κ2) is 14.6. The molecule has 6 rings (SSSR count). The second-order valence-electron chi connectivity index (χ2n) is 7.47. The quantitative estimate of drug-likeness (QED) is 0.241.